The van der Waals surface area contributed by atoms with Crippen LogP contribution in [0.15, 0.2) is 0 Å². The van der Waals surface area contributed by atoms with Crippen LogP contribution in [0.5, 0.6) is 0 Å². The van der Waals surface area contributed by atoms with Crippen LogP contribution in [0, 0.1) is 10.6 Å². The van der Waals surface area contributed by atoms with Gasteiger partial charge in [0.2, 0.25) is 0 Å². The topological polar surface area (TPSA) is 0 Å². The maximum Gasteiger partial charge on any atom is -0.153 e. The summed E-state index contributed by atoms with van der Waals surface area (Å²) >= 11 is 1.96. The van der Waals surface area contributed by atoms with Crippen molar-refractivity contribution in [3.05, 3.63) is 0 Å². The average molecular weight is 256 g/mol. The molecule has 0 N–H and O–H groups in total. The Balaban J connectivity index is 0. The fourth-order valence-corrected chi connectivity index (χ4v) is 0. The molecule has 0 spiro atoms. The first-order chi connectivity index (χ1) is 1.41. The molecule has 0 radical (unpaired) electrons. The molecule has 0 amide bonds. The molecule has 0 bridgehead atoms. The Morgan fingerprint density at radius 2 is 1.75 bits per heavy atom. The van der Waals surface area contributed by atoms with Gasteiger partial charge in [-0.15, -0.1) is 0 Å². The van der Waals surface area contributed by atoms with E-state index < -0.39 is 0 Å². The molecule has 1 atom stereocenters. The third kappa shape index (κ3) is 15.3. The van der Waals surface area contributed by atoms with Crippen molar-refractivity contribution in [1.29, 1.82) is 0 Å². The van der Waals surface area contributed by atoms with E-state index in [-0.39, 0.29) is 9.90 Å². The Morgan fingerprint density at radius 1 is 1.75 bits per heavy atom. The van der Waals surface area contributed by atoms with Crippen LogP contribution in [0.25, 0.3) is 0 Å². The van der Waals surface area contributed by atoms with Crippen molar-refractivity contribution in [2.75, 3.05) is 0 Å². The molecule has 1 unspecified atom stereocenters. The molecule has 0 rings (SSSR count). The molecule has 0 aromatic rings. The molecule has 0 aliphatic carbocycles. The van der Waals surface area contributed by atoms with E-state index in [9.17, 15) is 0 Å². The van der Waals surface area contributed by atoms with E-state index in [4.69, 9.17) is 0 Å². The molecule has 0 saturated carbocycles. The predicted octanol–water partition coefficient (Wildman–Crippen LogP) is 0.182. The summed E-state index contributed by atoms with van der Waals surface area (Å²) in [7, 11) is 0. The van der Waals surface area contributed by atoms with E-state index in [1.807, 2.05) is 21.1 Å². The van der Waals surface area contributed by atoms with Gasteiger partial charge in [-0.25, -0.2) is 0 Å². The zero-order valence-electron chi connectivity index (χ0n) is 2.09. The second-order valence-corrected chi connectivity index (χ2v) is 0.712. The van der Waals surface area contributed by atoms with Crippen molar-refractivity contribution in [2.24, 2.45) is 0 Å². The zero-order chi connectivity index (χ0) is 2.71. The fraction of sp³-hybridized carbons (Fsp3) is 0. The molecule has 0 aliphatic rings. The van der Waals surface area contributed by atoms with E-state index in [1.165, 1.54) is 0 Å². The average Bonchev–Trinajstić information content (AvgIpc) is 0.918. The molecule has 0 aromatic carbocycles. The minimum Gasteiger partial charge on any atom is -0.153 e. The second kappa shape index (κ2) is 9.29. The van der Waals surface area contributed by atoms with Gasteiger partial charge >= 0.3 is 31.6 Å². The van der Waals surface area contributed by atoms with Crippen LogP contribution in [-0.4, -0.2) is 0 Å². The van der Waals surface area contributed by atoms with Gasteiger partial charge in [0.15, 0.2) is 0 Å². The minimum atomic E-state index is 0. The fourth-order valence-electron chi connectivity index (χ4n) is 0. The third-order valence-electron chi connectivity index (χ3n) is 0. The SMILES string of the molecule is C#[C][Au].P. The Bertz CT molecular complexity index is 27.5. The van der Waals surface area contributed by atoms with Crippen LogP contribution in [0.3, 0.4) is 0 Å². The third-order valence-corrected chi connectivity index (χ3v) is 0. The smallest absolute Gasteiger partial charge is 0.153 e. The van der Waals surface area contributed by atoms with Crippen molar-refractivity contribution in [3.63, 3.8) is 0 Å². The first-order valence-corrected chi connectivity index (χ1v) is 1.52. The first kappa shape index (κ1) is 8.83. The Hall–Kier alpha value is 0.730. The molecule has 0 aromatic heterocycles. The van der Waals surface area contributed by atoms with E-state index in [0.717, 1.165) is 0 Å². The van der Waals surface area contributed by atoms with Gasteiger partial charge in [-0.1, -0.05) is 0 Å². The number of terminal acetylenes is 1. The van der Waals surface area contributed by atoms with Crippen LogP contribution < -0.4 is 0 Å². The molecule has 28 valence electrons. The van der Waals surface area contributed by atoms with Crippen molar-refractivity contribution >= 4 is 9.90 Å². The molecular weight excluding hydrogens is 252 g/mol. The van der Waals surface area contributed by atoms with Gasteiger partial charge in [-0.2, -0.15) is 9.90 Å². The van der Waals surface area contributed by atoms with E-state index in [2.05, 4.69) is 10.6 Å². The summed E-state index contributed by atoms with van der Waals surface area (Å²) in [6.07, 6.45) is 4.57. The Morgan fingerprint density at radius 3 is 1.75 bits per heavy atom. The summed E-state index contributed by atoms with van der Waals surface area (Å²) in [6.45, 7) is 0. The number of hydrogen-bond acceptors (Lipinski definition) is 0. The maximum absolute atomic E-state index is 4.57. The normalized spacial score (nSPS) is 2.25. The molecular formula is C2H4AuP. The van der Waals surface area contributed by atoms with Crippen LogP contribution >= 0.6 is 9.90 Å². The van der Waals surface area contributed by atoms with E-state index in [1.54, 1.807) is 0 Å². The molecule has 0 nitrogen and oxygen atoms in total. The van der Waals surface area contributed by atoms with E-state index in [0.29, 0.717) is 0 Å². The second-order valence-electron chi connectivity index (χ2n) is 0.0870. The molecule has 0 fully saturated rings. The Labute approximate surface area is 41.9 Å². The zero-order valence-corrected chi connectivity index (χ0v) is 5.67. The predicted molar refractivity (Wildman–Crippen MR) is 19.9 cm³/mol. The molecule has 0 heterocycles. The summed E-state index contributed by atoms with van der Waals surface area (Å²) in [5.74, 6) is 0. The van der Waals surface area contributed by atoms with Gasteiger partial charge in [-0.3, -0.25) is 0 Å². The Kier molecular flexibility index (Phi) is 20.5. The largest absolute Gasteiger partial charge is 0.153 e. The standard InChI is InChI=1S/C2H.Au.H3P/c1-2;;/h1H;;1H3. The maximum atomic E-state index is 4.57. The van der Waals surface area contributed by atoms with Crippen LogP contribution in [0.2, 0.25) is 0 Å². The quantitative estimate of drug-likeness (QED) is 0.329. The minimum absolute atomic E-state index is 0. The van der Waals surface area contributed by atoms with Crippen LogP contribution in [0.4, 0.5) is 0 Å². The summed E-state index contributed by atoms with van der Waals surface area (Å²) < 4.78 is 2.19. The number of rotatable bonds is 0. The van der Waals surface area contributed by atoms with Crippen molar-refractivity contribution in [1.82, 2.24) is 0 Å². The van der Waals surface area contributed by atoms with Gasteiger partial charge < -0.3 is 0 Å². The molecule has 4 heavy (non-hydrogen) atoms. The van der Waals surface area contributed by atoms with Crippen LogP contribution in [-0.2, 0) is 21.1 Å². The first-order valence-electron chi connectivity index (χ1n) is 0.439. The summed E-state index contributed by atoms with van der Waals surface area (Å²) in [5, 5.41) is 0. The summed E-state index contributed by atoms with van der Waals surface area (Å²) in [5.41, 5.74) is 0. The van der Waals surface area contributed by atoms with Gasteiger partial charge in [0.25, 0.3) is 0 Å². The monoisotopic (exact) mass is 256 g/mol. The number of hydrogen-bond donors (Lipinski definition) is 0. The van der Waals surface area contributed by atoms with Crippen molar-refractivity contribution < 1.29 is 21.1 Å². The van der Waals surface area contributed by atoms with Crippen molar-refractivity contribution in [2.45, 2.75) is 0 Å². The summed E-state index contributed by atoms with van der Waals surface area (Å²) in [4.78, 5) is 0. The van der Waals surface area contributed by atoms with Gasteiger partial charge in [0.05, 0.1) is 0 Å². The summed E-state index contributed by atoms with van der Waals surface area (Å²) in [6, 6.07) is 0. The van der Waals surface area contributed by atoms with Gasteiger partial charge in [-0.05, 0) is 0 Å². The van der Waals surface area contributed by atoms with E-state index >= 15 is 0 Å². The molecule has 2 heteroatoms. The van der Waals surface area contributed by atoms with Crippen LogP contribution in [0.1, 0.15) is 0 Å². The molecule has 0 aliphatic heterocycles. The molecule has 0 saturated heterocycles. The van der Waals surface area contributed by atoms with Crippen molar-refractivity contribution in [3.8, 4) is 10.6 Å². The van der Waals surface area contributed by atoms with Gasteiger partial charge in [0.1, 0.15) is 0 Å². The van der Waals surface area contributed by atoms with Gasteiger partial charge in [0, 0.05) is 0 Å².